The fourth-order valence-corrected chi connectivity index (χ4v) is 4.41. The number of benzene rings is 2. The molecule has 2 aromatic carbocycles. The Morgan fingerprint density at radius 3 is 2.93 bits per heavy atom. The zero-order chi connectivity index (χ0) is 19.3. The molecule has 1 aliphatic rings. The molecular formula is C21H14N2O4S. The lowest BCUT2D eigenvalue weighted by atomic mass is 10.1. The lowest BCUT2D eigenvalue weighted by Gasteiger charge is -2.13. The molecule has 1 aliphatic heterocycles. The molecule has 0 bridgehead atoms. The van der Waals surface area contributed by atoms with Gasteiger partial charge in [-0.05, 0) is 36.8 Å². The summed E-state index contributed by atoms with van der Waals surface area (Å²) in [6, 6.07) is 14.5. The predicted octanol–water partition coefficient (Wildman–Crippen LogP) is 4.61. The molecule has 0 unspecified atom stereocenters. The minimum absolute atomic E-state index is 0.266. The summed E-state index contributed by atoms with van der Waals surface area (Å²) < 4.78 is 10.7. The van der Waals surface area contributed by atoms with Crippen molar-refractivity contribution < 1.29 is 13.7 Å². The monoisotopic (exact) mass is 390 g/mol. The topological polar surface area (TPSA) is 85.3 Å². The van der Waals surface area contributed by atoms with Crippen molar-refractivity contribution in [1.82, 2.24) is 5.16 Å². The summed E-state index contributed by atoms with van der Waals surface area (Å²) in [4.78, 5) is 25.5. The van der Waals surface area contributed by atoms with E-state index in [1.54, 1.807) is 23.9 Å². The van der Waals surface area contributed by atoms with Gasteiger partial charge in [0.2, 0.25) is 0 Å². The van der Waals surface area contributed by atoms with Gasteiger partial charge in [-0.25, -0.2) is 4.79 Å². The fraction of sp³-hybridized carbons (Fsp3) is 0.0952. The van der Waals surface area contributed by atoms with Gasteiger partial charge in [-0.3, -0.25) is 4.79 Å². The zero-order valence-electron chi connectivity index (χ0n) is 14.8. The maximum Gasteiger partial charge on any atom is 0.336 e. The molecule has 3 heterocycles. The molecule has 0 atom stereocenters. The van der Waals surface area contributed by atoms with Crippen molar-refractivity contribution in [2.75, 3.05) is 5.32 Å². The van der Waals surface area contributed by atoms with Crippen LogP contribution in [0, 0.1) is 6.92 Å². The number of fused-ring (bicyclic) bond motifs is 4. The standard InChI is InChI=1S/C21H14N2O4S/c1-11-8-18(24)26-16-9-12(6-7-13(11)16)22-21(25)19-15-10-28-17-5-3-2-4-14(17)20(15)27-23-19/h2-9H,10H2,1H3,(H,22,25). The van der Waals surface area contributed by atoms with Crippen molar-refractivity contribution in [2.45, 2.75) is 17.6 Å². The summed E-state index contributed by atoms with van der Waals surface area (Å²) >= 11 is 1.65. The number of carbonyl (C=O) groups excluding carboxylic acids is 1. The summed E-state index contributed by atoms with van der Waals surface area (Å²) in [6.07, 6.45) is 0. The number of hydrogen-bond acceptors (Lipinski definition) is 6. The zero-order valence-corrected chi connectivity index (χ0v) is 15.6. The largest absolute Gasteiger partial charge is 0.423 e. The van der Waals surface area contributed by atoms with Gasteiger partial charge in [0.25, 0.3) is 5.91 Å². The van der Waals surface area contributed by atoms with Crippen molar-refractivity contribution in [3.63, 3.8) is 0 Å². The molecule has 4 aromatic rings. The number of rotatable bonds is 2. The van der Waals surface area contributed by atoms with E-state index in [1.807, 2.05) is 37.3 Å². The molecule has 0 saturated heterocycles. The highest BCUT2D eigenvalue weighted by molar-refractivity contribution is 7.98. The number of thioether (sulfide) groups is 1. The molecule has 0 radical (unpaired) electrons. The Morgan fingerprint density at radius 1 is 1.18 bits per heavy atom. The van der Waals surface area contributed by atoms with E-state index in [4.69, 9.17) is 8.94 Å². The summed E-state index contributed by atoms with van der Waals surface area (Å²) in [5.41, 5.74) is 3.34. The second-order valence-electron chi connectivity index (χ2n) is 6.54. The van der Waals surface area contributed by atoms with Crippen LogP contribution in [0.1, 0.15) is 21.6 Å². The second kappa shape index (κ2) is 6.38. The number of aromatic nitrogens is 1. The maximum absolute atomic E-state index is 12.8. The number of carbonyl (C=O) groups is 1. The van der Waals surface area contributed by atoms with Gasteiger partial charge in [0.15, 0.2) is 11.5 Å². The number of aryl methyl sites for hydroxylation is 1. The van der Waals surface area contributed by atoms with Gasteiger partial charge in [0, 0.05) is 45.0 Å². The number of hydrogen-bond donors (Lipinski definition) is 1. The van der Waals surface area contributed by atoms with E-state index in [0.717, 1.165) is 27.0 Å². The van der Waals surface area contributed by atoms with Gasteiger partial charge in [0.05, 0.1) is 0 Å². The molecular weight excluding hydrogens is 376 g/mol. The van der Waals surface area contributed by atoms with Crippen LogP contribution >= 0.6 is 11.8 Å². The summed E-state index contributed by atoms with van der Waals surface area (Å²) in [5.74, 6) is 0.892. The first kappa shape index (κ1) is 16.8. The van der Waals surface area contributed by atoms with E-state index in [9.17, 15) is 9.59 Å². The molecule has 6 nitrogen and oxygen atoms in total. The third-order valence-corrected chi connectivity index (χ3v) is 5.82. The first-order chi connectivity index (χ1) is 13.6. The van der Waals surface area contributed by atoms with Crippen molar-refractivity contribution in [2.24, 2.45) is 0 Å². The summed E-state index contributed by atoms with van der Waals surface area (Å²) in [6.45, 7) is 1.84. The van der Waals surface area contributed by atoms with Gasteiger partial charge >= 0.3 is 5.63 Å². The number of nitrogens with zero attached hydrogens (tertiary/aromatic N) is 1. The first-order valence-electron chi connectivity index (χ1n) is 8.67. The molecule has 0 fully saturated rings. The van der Waals surface area contributed by atoms with Gasteiger partial charge in [-0.2, -0.15) is 0 Å². The molecule has 7 heteroatoms. The van der Waals surface area contributed by atoms with Gasteiger partial charge in [-0.1, -0.05) is 17.3 Å². The minimum atomic E-state index is -0.422. The van der Waals surface area contributed by atoms with Gasteiger partial charge < -0.3 is 14.3 Å². The first-order valence-corrected chi connectivity index (χ1v) is 9.65. The highest BCUT2D eigenvalue weighted by Crippen LogP contribution is 2.42. The number of anilines is 1. The highest BCUT2D eigenvalue weighted by Gasteiger charge is 2.28. The van der Waals surface area contributed by atoms with Crippen molar-refractivity contribution in [1.29, 1.82) is 0 Å². The van der Waals surface area contributed by atoms with Crippen LogP contribution in [-0.2, 0) is 5.75 Å². The molecule has 1 N–H and O–H groups in total. The Morgan fingerprint density at radius 2 is 2.04 bits per heavy atom. The number of nitrogens with one attached hydrogen (secondary N) is 1. The van der Waals surface area contributed by atoms with Crippen LogP contribution in [0.4, 0.5) is 5.69 Å². The van der Waals surface area contributed by atoms with E-state index in [1.165, 1.54) is 6.07 Å². The van der Waals surface area contributed by atoms with E-state index in [2.05, 4.69) is 10.5 Å². The average molecular weight is 390 g/mol. The maximum atomic E-state index is 12.8. The molecule has 0 saturated carbocycles. The molecule has 2 aromatic heterocycles. The van der Waals surface area contributed by atoms with E-state index >= 15 is 0 Å². The predicted molar refractivity (Wildman–Crippen MR) is 107 cm³/mol. The Balaban J connectivity index is 1.48. The highest BCUT2D eigenvalue weighted by atomic mass is 32.2. The quantitative estimate of drug-likeness (QED) is 0.503. The Hall–Kier alpha value is -3.32. The summed E-state index contributed by atoms with van der Waals surface area (Å²) in [5, 5.41) is 7.65. The molecule has 138 valence electrons. The summed E-state index contributed by atoms with van der Waals surface area (Å²) in [7, 11) is 0. The molecule has 0 aliphatic carbocycles. The Bertz CT molecular complexity index is 1310. The van der Waals surface area contributed by atoms with Gasteiger partial charge in [-0.15, -0.1) is 11.8 Å². The van der Waals surface area contributed by atoms with Crippen molar-refractivity contribution in [3.05, 3.63) is 75.8 Å². The van der Waals surface area contributed by atoms with Crippen LogP contribution in [0.3, 0.4) is 0 Å². The van der Waals surface area contributed by atoms with Gasteiger partial charge in [0.1, 0.15) is 5.58 Å². The number of amides is 1. The van der Waals surface area contributed by atoms with Crippen LogP contribution in [0.2, 0.25) is 0 Å². The Labute approximate surface area is 163 Å². The lowest BCUT2D eigenvalue weighted by Crippen LogP contribution is -2.14. The van der Waals surface area contributed by atoms with Crippen molar-refractivity contribution >= 4 is 34.3 Å². The smallest absolute Gasteiger partial charge is 0.336 e. The Kier molecular flexibility index (Phi) is 3.84. The van der Waals surface area contributed by atoms with E-state index in [-0.39, 0.29) is 11.6 Å². The minimum Gasteiger partial charge on any atom is -0.423 e. The van der Waals surface area contributed by atoms with E-state index < -0.39 is 5.63 Å². The molecule has 0 spiro atoms. The fourth-order valence-electron chi connectivity index (χ4n) is 3.36. The van der Waals surface area contributed by atoms with Crippen molar-refractivity contribution in [3.8, 4) is 11.3 Å². The SMILES string of the molecule is Cc1cc(=O)oc2cc(NC(=O)c3noc4c3CSc3ccccc3-4)ccc12. The molecule has 5 rings (SSSR count). The molecule has 1 amide bonds. The van der Waals surface area contributed by atoms with E-state index in [0.29, 0.717) is 22.8 Å². The third kappa shape index (κ3) is 2.71. The van der Waals surface area contributed by atoms with Crippen LogP contribution in [-0.4, -0.2) is 11.1 Å². The average Bonchev–Trinajstić information content (AvgIpc) is 3.12. The normalized spacial score (nSPS) is 12.5. The second-order valence-corrected chi connectivity index (χ2v) is 7.55. The third-order valence-electron chi connectivity index (χ3n) is 4.72. The lowest BCUT2D eigenvalue weighted by molar-refractivity contribution is 0.101. The van der Waals surface area contributed by atoms with Crippen LogP contribution in [0.15, 0.2) is 67.2 Å². The van der Waals surface area contributed by atoms with Crippen LogP contribution in [0.5, 0.6) is 0 Å². The van der Waals surface area contributed by atoms with Crippen LogP contribution < -0.4 is 10.9 Å². The van der Waals surface area contributed by atoms with Crippen LogP contribution in [0.25, 0.3) is 22.3 Å². The molecule has 28 heavy (non-hydrogen) atoms.